The summed E-state index contributed by atoms with van der Waals surface area (Å²) in [5.41, 5.74) is 3.56. The second-order valence-corrected chi connectivity index (χ2v) is 7.97. The molecule has 1 aliphatic rings. The van der Waals surface area contributed by atoms with E-state index in [-0.39, 0.29) is 5.91 Å². The Bertz CT molecular complexity index is 1200. The van der Waals surface area contributed by atoms with Gasteiger partial charge in [-0.05, 0) is 72.7 Å². The number of halogens is 2. The van der Waals surface area contributed by atoms with Crippen LogP contribution in [0.5, 0.6) is 11.5 Å². The summed E-state index contributed by atoms with van der Waals surface area (Å²) < 4.78 is 11.0. The van der Waals surface area contributed by atoms with E-state index in [1.165, 1.54) is 0 Å². The highest BCUT2D eigenvalue weighted by Gasteiger charge is 2.32. The van der Waals surface area contributed by atoms with E-state index >= 15 is 0 Å². The average molecular weight is 466 g/mol. The van der Waals surface area contributed by atoms with Gasteiger partial charge in [-0.25, -0.2) is 0 Å². The molecule has 1 heterocycles. The molecule has 4 nitrogen and oxygen atoms in total. The van der Waals surface area contributed by atoms with Gasteiger partial charge in [0.05, 0.1) is 25.1 Å². The molecule has 0 atom stereocenters. The number of anilines is 1. The predicted molar refractivity (Wildman–Crippen MR) is 131 cm³/mol. The third-order valence-electron chi connectivity index (χ3n) is 5.02. The van der Waals surface area contributed by atoms with E-state index in [9.17, 15) is 4.79 Å². The van der Waals surface area contributed by atoms with Crippen molar-refractivity contribution in [3.05, 3.63) is 99.6 Å². The van der Waals surface area contributed by atoms with Crippen molar-refractivity contribution in [1.82, 2.24) is 0 Å². The third kappa shape index (κ3) is 4.52. The van der Waals surface area contributed by atoms with Crippen LogP contribution in [0, 0.1) is 0 Å². The van der Waals surface area contributed by atoms with Gasteiger partial charge in [0, 0.05) is 15.6 Å². The van der Waals surface area contributed by atoms with Crippen molar-refractivity contribution in [2.24, 2.45) is 0 Å². The zero-order valence-electron chi connectivity index (χ0n) is 17.6. The lowest BCUT2D eigenvalue weighted by atomic mass is 10.1. The number of nitrogens with zero attached hydrogens (tertiary/aromatic N) is 1. The maximum absolute atomic E-state index is 13.6. The number of benzene rings is 3. The van der Waals surface area contributed by atoms with Crippen molar-refractivity contribution in [3.63, 3.8) is 0 Å². The van der Waals surface area contributed by atoms with E-state index in [1.807, 2.05) is 55.5 Å². The highest BCUT2D eigenvalue weighted by atomic mass is 35.5. The molecule has 0 N–H and O–H groups in total. The summed E-state index contributed by atoms with van der Waals surface area (Å²) in [6.45, 7) is 2.54. The van der Waals surface area contributed by atoms with Crippen molar-refractivity contribution in [2.45, 2.75) is 6.92 Å². The highest BCUT2D eigenvalue weighted by Crippen LogP contribution is 2.41. The lowest BCUT2D eigenvalue weighted by Crippen LogP contribution is -2.25. The predicted octanol–water partition coefficient (Wildman–Crippen LogP) is 6.87. The Balaban J connectivity index is 1.81. The molecule has 0 fully saturated rings. The number of rotatable bonds is 6. The van der Waals surface area contributed by atoms with Crippen LogP contribution in [0.3, 0.4) is 0 Å². The summed E-state index contributed by atoms with van der Waals surface area (Å²) in [5, 5.41) is 1.13. The summed E-state index contributed by atoms with van der Waals surface area (Å²) >= 11 is 12.3. The van der Waals surface area contributed by atoms with Crippen molar-refractivity contribution in [3.8, 4) is 11.5 Å². The van der Waals surface area contributed by atoms with Crippen molar-refractivity contribution >= 4 is 46.6 Å². The smallest absolute Gasteiger partial charge is 0.263 e. The molecular weight excluding hydrogens is 445 g/mol. The van der Waals surface area contributed by atoms with E-state index in [2.05, 4.69) is 0 Å². The zero-order valence-corrected chi connectivity index (χ0v) is 19.2. The molecule has 1 aliphatic heterocycles. The molecule has 0 bridgehead atoms. The molecule has 0 saturated heterocycles. The molecule has 0 aromatic heterocycles. The minimum absolute atomic E-state index is 0.176. The lowest BCUT2D eigenvalue weighted by molar-refractivity contribution is -0.113. The maximum atomic E-state index is 13.6. The molecule has 4 rings (SSSR count). The van der Waals surface area contributed by atoms with Crippen LogP contribution in [0.2, 0.25) is 10.0 Å². The summed E-state index contributed by atoms with van der Waals surface area (Å²) in [6.07, 6.45) is 3.72. The molecular formula is C26H21Cl2NO3. The molecule has 32 heavy (non-hydrogen) atoms. The van der Waals surface area contributed by atoms with Gasteiger partial charge in [-0.2, -0.15) is 0 Å². The monoisotopic (exact) mass is 465 g/mol. The second kappa shape index (κ2) is 9.51. The molecule has 0 saturated carbocycles. The van der Waals surface area contributed by atoms with Crippen LogP contribution in [0.4, 0.5) is 5.69 Å². The molecule has 6 heteroatoms. The number of methoxy groups -OCH3 is 1. The fraction of sp³-hybridized carbons (Fsp3) is 0.115. The van der Waals surface area contributed by atoms with Gasteiger partial charge in [-0.3, -0.25) is 9.69 Å². The fourth-order valence-electron chi connectivity index (χ4n) is 3.53. The molecule has 0 aliphatic carbocycles. The summed E-state index contributed by atoms with van der Waals surface area (Å²) in [6, 6.07) is 20.2. The largest absolute Gasteiger partial charge is 0.495 e. The minimum atomic E-state index is -0.176. The summed E-state index contributed by atoms with van der Waals surface area (Å²) in [5.74, 6) is 1.16. The number of ether oxygens (including phenoxy) is 2. The number of hydrogen-bond donors (Lipinski definition) is 0. The van der Waals surface area contributed by atoms with Gasteiger partial charge in [0.25, 0.3) is 5.91 Å². The molecule has 1 amide bonds. The van der Waals surface area contributed by atoms with E-state index in [4.69, 9.17) is 32.7 Å². The first-order valence-electron chi connectivity index (χ1n) is 10.1. The van der Waals surface area contributed by atoms with Crippen LogP contribution < -0.4 is 14.4 Å². The Kier molecular flexibility index (Phi) is 6.54. The Labute approximate surface area is 197 Å². The van der Waals surface area contributed by atoms with Gasteiger partial charge in [0.1, 0.15) is 11.5 Å². The Morgan fingerprint density at radius 3 is 2.28 bits per heavy atom. The number of carbonyl (C=O) groups excluding carboxylic acids is 1. The topological polar surface area (TPSA) is 38.8 Å². The SMILES string of the molecule is CCOc1ccc(/C=C2\C=C(c3ccc(Cl)cc3)N(c3cc(Cl)ccc3OC)C2=O)cc1. The maximum Gasteiger partial charge on any atom is 0.263 e. The van der Waals surface area contributed by atoms with Gasteiger partial charge < -0.3 is 9.47 Å². The molecule has 0 spiro atoms. The van der Waals surface area contributed by atoms with E-state index in [0.717, 1.165) is 16.9 Å². The van der Waals surface area contributed by atoms with Gasteiger partial charge in [0.15, 0.2) is 0 Å². The van der Waals surface area contributed by atoms with E-state index in [0.29, 0.717) is 39.4 Å². The van der Waals surface area contributed by atoms with Crippen LogP contribution in [-0.2, 0) is 4.79 Å². The zero-order chi connectivity index (χ0) is 22.7. The fourth-order valence-corrected chi connectivity index (χ4v) is 3.82. The van der Waals surface area contributed by atoms with Crippen molar-refractivity contribution < 1.29 is 14.3 Å². The molecule has 3 aromatic rings. The van der Waals surface area contributed by atoms with Crippen LogP contribution in [0.15, 0.2) is 78.4 Å². The average Bonchev–Trinajstić information content (AvgIpc) is 3.11. The quantitative estimate of drug-likeness (QED) is 0.372. The standard InChI is InChI=1S/C26H21Cl2NO3/c1-3-32-22-11-4-17(5-12-22)14-19-15-23(18-6-8-20(27)9-7-18)29(26(19)30)24-16-21(28)10-13-25(24)31-2/h4-16H,3H2,1-2H3/b19-14+. The number of hydrogen-bond acceptors (Lipinski definition) is 3. The minimum Gasteiger partial charge on any atom is -0.495 e. The molecule has 162 valence electrons. The van der Waals surface area contributed by atoms with Gasteiger partial charge >= 0.3 is 0 Å². The van der Waals surface area contributed by atoms with E-state index in [1.54, 1.807) is 42.3 Å². The van der Waals surface area contributed by atoms with Gasteiger partial charge in [-0.15, -0.1) is 0 Å². The summed E-state index contributed by atoms with van der Waals surface area (Å²) in [4.78, 5) is 15.2. The highest BCUT2D eigenvalue weighted by molar-refractivity contribution is 6.32. The number of carbonyl (C=O) groups is 1. The Hall–Kier alpha value is -3.21. The van der Waals surface area contributed by atoms with Crippen molar-refractivity contribution in [2.75, 3.05) is 18.6 Å². The third-order valence-corrected chi connectivity index (χ3v) is 5.51. The van der Waals surface area contributed by atoms with Crippen LogP contribution in [-0.4, -0.2) is 19.6 Å². The second-order valence-electron chi connectivity index (χ2n) is 7.09. The van der Waals surface area contributed by atoms with Crippen LogP contribution in [0.25, 0.3) is 11.8 Å². The Morgan fingerprint density at radius 1 is 0.938 bits per heavy atom. The first kappa shape index (κ1) is 22.0. The van der Waals surface area contributed by atoms with Gasteiger partial charge in [0.2, 0.25) is 0 Å². The molecule has 0 radical (unpaired) electrons. The first-order valence-corrected chi connectivity index (χ1v) is 10.9. The molecule has 3 aromatic carbocycles. The molecule has 0 unspecified atom stereocenters. The first-order chi connectivity index (χ1) is 15.5. The summed E-state index contributed by atoms with van der Waals surface area (Å²) in [7, 11) is 1.57. The van der Waals surface area contributed by atoms with E-state index < -0.39 is 0 Å². The number of amides is 1. The van der Waals surface area contributed by atoms with Crippen LogP contribution >= 0.6 is 23.2 Å². The van der Waals surface area contributed by atoms with Gasteiger partial charge in [-0.1, -0.05) is 47.5 Å². The normalized spacial score (nSPS) is 14.6. The lowest BCUT2D eigenvalue weighted by Gasteiger charge is -2.23. The van der Waals surface area contributed by atoms with Crippen LogP contribution in [0.1, 0.15) is 18.1 Å². The Morgan fingerprint density at radius 2 is 1.62 bits per heavy atom. The van der Waals surface area contributed by atoms with Crippen molar-refractivity contribution in [1.29, 1.82) is 0 Å².